The van der Waals surface area contributed by atoms with E-state index in [4.69, 9.17) is 16.7 Å². The molecule has 3 rings (SSSR count). The maximum Gasteiger partial charge on any atom is 0.405 e. The summed E-state index contributed by atoms with van der Waals surface area (Å²) in [7, 11) is 0. The maximum atomic E-state index is 10.8. The molecule has 0 heterocycles. The lowest BCUT2D eigenvalue weighted by Crippen LogP contribution is -2.24. The molecule has 20 heavy (non-hydrogen) atoms. The summed E-state index contributed by atoms with van der Waals surface area (Å²) in [5.41, 5.74) is 4.56. The van der Waals surface area contributed by atoms with Crippen LogP contribution in [0.5, 0.6) is 0 Å². The molecule has 2 aromatic rings. The molecule has 0 spiro atoms. The van der Waals surface area contributed by atoms with Gasteiger partial charge in [-0.1, -0.05) is 41.9 Å². The van der Waals surface area contributed by atoms with Crippen LogP contribution in [0.15, 0.2) is 42.5 Å². The SMILES string of the molecule is O=C(O)NC1CCc2cc(-c3ccc(Cl)cc3)ccc21. The Morgan fingerprint density at radius 3 is 2.55 bits per heavy atom. The molecule has 1 aliphatic rings. The van der Waals surface area contributed by atoms with E-state index in [1.165, 1.54) is 5.56 Å². The fourth-order valence-electron chi connectivity index (χ4n) is 2.74. The Morgan fingerprint density at radius 1 is 1.15 bits per heavy atom. The van der Waals surface area contributed by atoms with Crippen LogP contribution in [0.1, 0.15) is 23.6 Å². The Bertz CT molecular complexity index is 652. The molecule has 102 valence electrons. The highest BCUT2D eigenvalue weighted by molar-refractivity contribution is 6.30. The van der Waals surface area contributed by atoms with Gasteiger partial charge in [-0.25, -0.2) is 4.79 Å². The van der Waals surface area contributed by atoms with Crippen molar-refractivity contribution in [3.8, 4) is 11.1 Å². The van der Waals surface area contributed by atoms with Crippen molar-refractivity contribution in [2.24, 2.45) is 0 Å². The minimum absolute atomic E-state index is 0.0817. The second-order valence-electron chi connectivity index (χ2n) is 4.96. The van der Waals surface area contributed by atoms with Crippen LogP contribution in [-0.4, -0.2) is 11.2 Å². The summed E-state index contributed by atoms with van der Waals surface area (Å²) in [6.45, 7) is 0. The second kappa shape index (κ2) is 5.17. The molecule has 0 aromatic heterocycles. The van der Waals surface area contributed by atoms with Gasteiger partial charge in [0.05, 0.1) is 6.04 Å². The maximum absolute atomic E-state index is 10.8. The van der Waals surface area contributed by atoms with Gasteiger partial charge in [-0.05, 0) is 47.2 Å². The van der Waals surface area contributed by atoms with Gasteiger partial charge in [0.25, 0.3) is 0 Å². The number of carbonyl (C=O) groups is 1. The van der Waals surface area contributed by atoms with Crippen molar-refractivity contribution in [3.05, 3.63) is 58.6 Å². The summed E-state index contributed by atoms with van der Waals surface area (Å²) in [6.07, 6.45) is 0.762. The Morgan fingerprint density at radius 2 is 1.85 bits per heavy atom. The number of carboxylic acid groups (broad SMARTS) is 1. The largest absolute Gasteiger partial charge is 0.465 e. The molecule has 1 atom stereocenters. The van der Waals surface area contributed by atoms with Crippen molar-refractivity contribution in [3.63, 3.8) is 0 Å². The molecule has 0 saturated heterocycles. The lowest BCUT2D eigenvalue weighted by Gasteiger charge is -2.12. The molecule has 0 saturated carbocycles. The molecule has 3 nitrogen and oxygen atoms in total. The van der Waals surface area contributed by atoms with E-state index in [1.54, 1.807) is 0 Å². The van der Waals surface area contributed by atoms with Crippen molar-refractivity contribution in [1.29, 1.82) is 0 Å². The van der Waals surface area contributed by atoms with E-state index in [0.717, 1.165) is 34.6 Å². The van der Waals surface area contributed by atoms with Crippen molar-refractivity contribution >= 4 is 17.7 Å². The van der Waals surface area contributed by atoms with Gasteiger partial charge in [-0.15, -0.1) is 0 Å². The molecule has 4 heteroatoms. The summed E-state index contributed by atoms with van der Waals surface area (Å²) in [5, 5.41) is 12.1. The number of amides is 1. The van der Waals surface area contributed by atoms with Gasteiger partial charge in [0.1, 0.15) is 0 Å². The monoisotopic (exact) mass is 287 g/mol. The van der Waals surface area contributed by atoms with Crippen molar-refractivity contribution in [1.82, 2.24) is 5.32 Å². The van der Waals surface area contributed by atoms with E-state index in [2.05, 4.69) is 11.4 Å². The van der Waals surface area contributed by atoms with Crippen LogP contribution in [0.4, 0.5) is 4.79 Å². The van der Waals surface area contributed by atoms with Crippen LogP contribution >= 0.6 is 11.6 Å². The zero-order chi connectivity index (χ0) is 14.1. The van der Waals surface area contributed by atoms with Crippen molar-refractivity contribution in [2.45, 2.75) is 18.9 Å². The summed E-state index contributed by atoms with van der Waals surface area (Å²) in [6, 6.07) is 13.8. The van der Waals surface area contributed by atoms with Gasteiger partial charge in [0.15, 0.2) is 0 Å². The van der Waals surface area contributed by atoms with E-state index in [-0.39, 0.29) is 6.04 Å². The number of hydrogen-bond acceptors (Lipinski definition) is 1. The molecule has 1 aliphatic carbocycles. The number of hydrogen-bond donors (Lipinski definition) is 2. The van der Waals surface area contributed by atoms with Crippen LogP contribution < -0.4 is 5.32 Å². The molecule has 2 N–H and O–H groups in total. The minimum Gasteiger partial charge on any atom is -0.465 e. The highest BCUT2D eigenvalue weighted by Crippen LogP contribution is 2.34. The fourth-order valence-corrected chi connectivity index (χ4v) is 2.86. The topological polar surface area (TPSA) is 49.3 Å². The summed E-state index contributed by atoms with van der Waals surface area (Å²) < 4.78 is 0. The van der Waals surface area contributed by atoms with Gasteiger partial charge in [-0.2, -0.15) is 0 Å². The Kier molecular flexibility index (Phi) is 3.36. The Labute approximate surface area is 122 Å². The molecular weight excluding hydrogens is 274 g/mol. The Balaban J connectivity index is 1.91. The van der Waals surface area contributed by atoms with Crippen LogP contribution in [0.3, 0.4) is 0 Å². The highest BCUT2D eigenvalue weighted by atomic mass is 35.5. The highest BCUT2D eigenvalue weighted by Gasteiger charge is 2.23. The first-order valence-electron chi connectivity index (χ1n) is 6.52. The average molecular weight is 288 g/mol. The standard InChI is InChI=1S/C16H14ClNO2/c17-13-5-1-10(2-6-13)11-3-7-14-12(9-11)4-8-15(14)18-16(19)20/h1-3,5-7,9,15,18H,4,8H2,(H,19,20). The lowest BCUT2D eigenvalue weighted by atomic mass is 10.00. The predicted molar refractivity (Wildman–Crippen MR) is 79.1 cm³/mol. The smallest absolute Gasteiger partial charge is 0.405 e. The first-order chi connectivity index (χ1) is 9.63. The molecule has 1 amide bonds. The molecule has 0 fully saturated rings. The van der Waals surface area contributed by atoms with Gasteiger partial charge >= 0.3 is 6.09 Å². The van der Waals surface area contributed by atoms with Gasteiger partial charge in [0, 0.05) is 5.02 Å². The van der Waals surface area contributed by atoms with Crippen molar-refractivity contribution in [2.75, 3.05) is 0 Å². The molecule has 0 radical (unpaired) electrons. The molecule has 1 unspecified atom stereocenters. The Hall–Kier alpha value is -2.00. The summed E-state index contributed by atoms with van der Waals surface area (Å²) in [4.78, 5) is 10.8. The predicted octanol–water partition coefficient (Wildman–Crippen LogP) is 4.26. The van der Waals surface area contributed by atoms with Crippen LogP contribution in [-0.2, 0) is 6.42 Å². The first kappa shape index (κ1) is 13.0. The van der Waals surface area contributed by atoms with Crippen molar-refractivity contribution < 1.29 is 9.90 Å². The molecular formula is C16H14ClNO2. The van der Waals surface area contributed by atoms with Gasteiger partial charge in [-0.3, -0.25) is 0 Å². The first-order valence-corrected chi connectivity index (χ1v) is 6.89. The summed E-state index contributed by atoms with van der Waals surface area (Å²) in [5.74, 6) is 0. The van der Waals surface area contributed by atoms with Crippen LogP contribution in [0.25, 0.3) is 11.1 Å². The zero-order valence-electron chi connectivity index (χ0n) is 10.8. The van der Waals surface area contributed by atoms with Gasteiger partial charge < -0.3 is 10.4 Å². The summed E-state index contributed by atoms with van der Waals surface area (Å²) >= 11 is 5.90. The number of halogens is 1. The van der Waals surface area contributed by atoms with E-state index < -0.39 is 6.09 Å². The van der Waals surface area contributed by atoms with E-state index in [9.17, 15) is 4.79 Å². The van der Waals surface area contributed by atoms with Gasteiger partial charge in [0.2, 0.25) is 0 Å². The third-order valence-corrected chi connectivity index (χ3v) is 3.95. The van der Waals surface area contributed by atoms with Crippen LogP contribution in [0, 0.1) is 0 Å². The zero-order valence-corrected chi connectivity index (χ0v) is 11.5. The molecule has 2 aromatic carbocycles. The molecule has 0 bridgehead atoms. The normalized spacial score (nSPS) is 16.8. The van der Waals surface area contributed by atoms with E-state index in [0.29, 0.717) is 0 Å². The van der Waals surface area contributed by atoms with E-state index in [1.807, 2.05) is 36.4 Å². The average Bonchev–Trinajstić information content (AvgIpc) is 2.81. The van der Waals surface area contributed by atoms with E-state index >= 15 is 0 Å². The number of rotatable bonds is 2. The molecule has 0 aliphatic heterocycles. The minimum atomic E-state index is -0.968. The third-order valence-electron chi connectivity index (χ3n) is 3.70. The fraction of sp³-hybridized carbons (Fsp3) is 0.188. The number of benzene rings is 2. The van der Waals surface area contributed by atoms with Crippen LogP contribution in [0.2, 0.25) is 5.02 Å². The lowest BCUT2D eigenvalue weighted by molar-refractivity contribution is 0.190. The third kappa shape index (κ3) is 2.49. The quantitative estimate of drug-likeness (QED) is 0.867. The number of nitrogens with one attached hydrogen (secondary N) is 1. The number of aryl methyl sites for hydroxylation is 1. The second-order valence-corrected chi connectivity index (χ2v) is 5.40. The number of fused-ring (bicyclic) bond motifs is 1.